The third-order valence-corrected chi connectivity index (χ3v) is 4.05. The van der Waals surface area contributed by atoms with Crippen molar-refractivity contribution in [2.45, 2.75) is 25.9 Å². The number of carbonyl (C=O) groups excluding carboxylic acids is 1. The highest BCUT2D eigenvalue weighted by molar-refractivity contribution is 5.94. The quantitative estimate of drug-likeness (QED) is 0.722. The molecule has 0 fully saturated rings. The van der Waals surface area contributed by atoms with E-state index in [4.69, 9.17) is 0 Å². The van der Waals surface area contributed by atoms with Crippen LogP contribution in [-0.2, 0) is 11.3 Å². The fourth-order valence-corrected chi connectivity index (χ4v) is 2.85. The molecule has 2 aromatic carbocycles. The maximum atomic E-state index is 12.7. The van der Waals surface area contributed by atoms with Crippen molar-refractivity contribution in [2.75, 3.05) is 6.61 Å². The topological polar surface area (TPSA) is 71.3 Å². The zero-order valence-corrected chi connectivity index (χ0v) is 13.7. The molecule has 124 valence electrons. The second-order valence-electron chi connectivity index (χ2n) is 6.54. The lowest BCUT2D eigenvalue weighted by Crippen LogP contribution is -2.47. The molecule has 1 heterocycles. The van der Waals surface area contributed by atoms with Gasteiger partial charge >= 0.3 is 0 Å². The summed E-state index contributed by atoms with van der Waals surface area (Å²) >= 11 is 0. The summed E-state index contributed by atoms with van der Waals surface area (Å²) in [5.41, 5.74) is 0.715. The molecule has 0 spiro atoms. The lowest BCUT2D eigenvalue weighted by atomic mass is 10.1. The minimum absolute atomic E-state index is 0.0338. The van der Waals surface area contributed by atoms with Gasteiger partial charge in [-0.2, -0.15) is 0 Å². The molecule has 5 nitrogen and oxygen atoms in total. The molecule has 24 heavy (non-hydrogen) atoms. The Morgan fingerprint density at radius 3 is 2.04 bits per heavy atom. The van der Waals surface area contributed by atoms with E-state index < -0.39 is 5.54 Å². The van der Waals surface area contributed by atoms with E-state index >= 15 is 0 Å². The molecule has 1 amide bonds. The van der Waals surface area contributed by atoms with Crippen molar-refractivity contribution in [1.82, 2.24) is 9.88 Å². The van der Waals surface area contributed by atoms with Gasteiger partial charge in [-0.05, 0) is 38.1 Å². The Hall–Kier alpha value is -2.66. The standard InChI is InChI=1S/C19H20N2O3/c1-19(2,12-22)20-17(23)11-21-15-9-5-3-7-13(15)18(24)14-8-4-6-10-16(14)21/h3-10,22H,11-12H2,1-2H3,(H,20,23). The van der Waals surface area contributed by atoms with Crippen LogP contribution in [0.3, 0.4) is 0 Å². The van der Waals surface area contributed by atoms with E-state index in [2.05, 4.69) is 5.32 Å². The number of pyridine rings is 1. The Kier molecular flexibility index (Phi) is 4.11. The van der Waals surface area contributed by atoms with E-state index in [0.717, 1.165) is 11.0 Å². The molecule has 0 bridgehead atoms. The van der Waals surface area contributed by atoms with E-state index in [1.165, 1.54) is 0 Å². The van der Waals surface area contributed by atoms with Gasteiger partial charge in [-0.1, -0.05) is 24.3 Å². The number of nitrogens with zero attached hydrogens (tertiary/aromatic N) is 1. The van der Waals surface area contributed by atoms with Crippen molar-refractivity contribution in [3.63, 3.8) is 0 Å². The van der Waals surface area contributed by atoms with Crippen LogP contribution in [0.2, 0.25) is 0 Å². The fraction of sp³-hybridized carbons (Fsp3) is 0.263. The number of benzene rings is 2. The summed E-state index contributed by atoms with van der Waals surface area (Å²) in [4.78, 5) is 25.1. The summed E-state index contributed by atoms with van der Waals surface area (Å²) < 4.78 is 1.84. The number of aliphatic hydroxyl groups excluding tert-OH is 1. The van der Waals surface area contributed by atoms with E-state index in [9.17, 15) is 14.7 Å². The van der Waals surface area contributed by atoms with Crippen LogP contribution in [0.5, 0.6) is 0 Å². The largest absolute Gasteiger partial charge is 0.394 e. The van der Waals surface area contributed by atoms with Crippen molar-refractivity contribution in [2.24, 2.45) is 0 Å². The molecule has 0 atom stereocenters. The summed E-state index contributed by atoms with van der Waals surface area (Å²) in [5, 5.41) is 13.3. The molecular formula is C19H20N2O3. The number of para-hydroxylation sites is 2. The number of carbonyl (C=O) groups is 1. The van der Waals surface area contributed by atoms with Gasteiger partial charge in [0, 0.05) is 10.8 Å². The molecular weight excluding hydrogens is 304 g/mol. The molecule has 0 aliphatic heterocycles. The molecule has 5 heteroatoms. The van der Waals surface area contributed by atoms with Crippen LogP contribution < -0.4 is 10.7 Å². The zero-order chi connectivity index (χ0) is 17.3. The third kappa shape index (κ3) is 2.90. The van der Waals surface area contributed by atoms with Gasteiger partial charge in [-0.3, -0.25) is 9.59 Å². The van der Waals surface area contributed by atoms with Crippen LogP contribution in [-0.4, -0.2) is 27.7 Å². The first kappa shape index (κ1) is 16.2. The van der Waals surface area contributed by atoms with Crippen molar-refractivity contribution >= 4 is 27.7 Å². The number of aliphatic hydroxyl groups is 1. The number of fused-ring (bicyclic) bond motifs is 2. The first-order valence-corrected chi connectivity index (χ1v) is 7.85. The number of hydrogen-bond acceptors (Lipinski definition) is 3. The molecule has 0 radical (unpaired) electrons. The van der Waals surface area contributed by atoms with Gasteiger partial charge in [0.1, 0.15) is 6.54 Å². The van der Waals surface area contributed by atoms with Gasteiger partial charge in [-0.15, -0.1) is 0 Å². The van der Waals surface area contributed by atoms with Crippen LogP contribution in [0, 0.1) is 0 Å². The van der Waals surface area contributed by atoms with E-state index in [1.807, 2.05) is 41.0 Å². The molecule has 3 rings (SSSR count). The number of nitrogens with one attached hydrogen (secondary N) is 1. The predicted octanol–water partition coefficient (Wildman–Crippen LogP) is 2.04. The Bertz CT molecular complexity index is 913. The van der Waals surface area contributed by atoms with E-state index in [0.29, 0.717) is 10.8 Å². The van der Waals surface area contributed by atoms with Gasteiger partial charge < -0.3 is 15.0 Å². The maximum absolute atomic E-state index is 12.7. The lowest BCUT2D eigenvalue weighted by molar-refractivity contribution is -0.123. The Labute approximate surface area is 139 Å². The van der Waals surface area contributed by atoms with Crippen LogP contribution in [0.25, 0.3) is 21.8 Å². The number of hydrogen-bond donors (Lipinski definition) is 2. The molecule has 0 aliphatic rings. The van der Waals surface area contributed by atoms with Crippen molar-refractivity contribution in [3.8, 4) is 0 Å². The summed E-state index contributed by atoms with van der Waals surface area (Å²) in [5.74, 6) is -0.215. The highest BCUT2D eigenvalue weighted by Gasteiger charge is 2.20. The van der Waals surface area contributed by atoms with Gasteiger partial charge in [-0.25, -0.2) is 0 Å². The smallest absolute Gasteiger partial charge is 0.240 e. The van der Waals surface area contributed by atoms with Gasteiger partial charge in [0.15, 0.2) is 5.43 Å². The summed E-state index contributed by atoms with van der Waals surface area (Å²) in [6.07, 6.45) is 0. The van der Waals surface area contributed by atoms with Gasteiger partial charge in [0.2, 0.25) is 5.91 Å². The number of amides is 1. The summed E-state index contributed by atoms with van der Waals surface area (Å²) in [6.45, 7) is 3.44. The van der Waals surface area contributed by atoms with Crippen LogP contribution in [0.4, 0.5) is 0 Å². The third-order valence-electron chi connectivity index (χ3n) is 4.05. The Morgan fingerprint density at radius 1 is 1.04 bits per heavy atom. The van der Waals surface area contributed by atoms with E-state index in [1.54, 1.807) is 26.0 Å². The minimum atomic E-state index is -0.693. The molecule has 0 unspecified atom stereocenters. The second kappa shape index (κ2) is 6.09. The van der Waals surface area contributed by atoms with Crippen molar-refractivity contribution in [1.29, 1.82) is 0 Å². The average molecular weight is 324 g/mol. The second-order valence-corrected chi connectivity index (χ2v) is 6.54. The Balaban J connectivity index is 2.17. The van der Waals surface area contributed by atoms with Crippen molar-refractivity contribution < 1.29 is 9.90 Å². The van der Waals surface area contributed by atoms with Crippen molar-refractivity contribution in [3.05, 3.63) is 58.8 Å². The summed E-state index contributed by atoms with van der Waals surface area (Å²) in [7, 11) is 0. The molecule has 0 aliphatic carbocycles. The molecule has 0 saturated heterocycles. The molecule has 3 aromatic rings. The van der Waals surface area contributed by atoms with Crippen LogP contribution >= 0.6 is 0 Å². The zero-order valence-electron chi connectivity index (χ0n) is 13.7. The maximum Gasteiger partial charge on any atom is 0.240 e. The van der Waals surface area contributed by atoms with Gasteiger partial charge in [0.05, 0.1) is 23.2 Å². The minimum Gasteiger partial charge on any atom is -0.394 e. The number of aromatic nitrogens is 1. The predicted molar refractivity (Wildman–Crippen MR) is 95.0 cm³/mol. The fourth-order valence-electron chi connectivity index (χ4n) is 2.85. The normalized spacial score (nSPS) is 11.8. The summed E-state index contributed by atoms with van der Waals surface area (Å²) in [6, 6.07) is 14.6. The molecule has 2 N–H and O–H groups in total. The molecule has 1 aromatic heterocycles. The monoisotopic (exact) mass is 324 g/mol. The first-order valence-electron chi connectivity index (χ1n) is 7.85. The highest BCUT2D eigenvalue weighted by Crippen LogP contribution is 2.19. The Morgan fingerprint density at radius 2 is 1.54 bits per heavy atom. The molecule has 0 saturated carbocycles. The first-order chi connectivity index (χ1) is 11.4. The van der Waals surface area contributed by atoms with E-state index in [-0.39, 0.29) is 24.5 Å². The van der Waals surface area contributed by atoms with Crippen LogP contribution in [0.15, 0.2) is 53.3 Å². The van der Waals surface area contributed by atoms with Crippen LogP contribution in [0.1, 0.15) is 13.8 Å². The SMILES string of the molecule is CC(C)(CO)NC(=O)Cn1c2ccccc2c(=O)c2ccccc21. The van der Waals surface area contributed by atoms with Gasteiger partial charge in [0.25, 0.3) is 0 Å². The number of rotatable bonds is 4. The highest BCUT2D eigenvalue weighted by atomic mass is 16.3. The lowest BCUT2D eigenvalue weighted by Gasteiger charge is -2.24. The average Bonchev–Trinajstić information content (AvgIpc) is 2.58.